The molecule has 16 heavy (non-hydrogen) atoms. The fourth-order valence-electron chi connectivity index (χ4n) is 2.06. The van der Waals surface area contributed by atoms with Gasteiger partial charge in [-0.15, -0.1) is 0 Å². The number of likely N-dealkylation sites (tertiary alicyclic amines) is 1. The number of rotatable bonds is 3. The molecule has 1 aromatic carbocycles. The van der Waals surface area contributed by atoms with Crippen LogP contribution in [-0.4, -0.2) is 31.2 Å². The Morgan fingerprint density at radius 1 is 1.56 bits per heavy atom. The molecule has 1 aliphatic rings. The van der Waals surface area contributed by atoms with E-state index >= 15 is 0 Å². The number of hydrogen-bond donors (Lipinski definition) is 1. The van der Waals surface area contributed by atoms with E-state index in [0.29, 0.717) is 16.8 Å². The standard InChI is InChI=1S/C12H17ClN2O/c1-16-10-4-5-15(8-10)7-9-2-3-12(14)11(13)6-9/h2-3,6,10H,4-5,7-8,14H2,1H3. The van der Waals surface area contributed by atoms with Crippen molar-refractivity contribution in [2.75, 3.05) is 25.9 Å². The van der Waals surface area contributed by atoms with Crippen LogP contribution in [0.4, 0.5) is 5.69 Å². The summed E-state index contributed by atoms with van der Waals surface area (Å²) in [5.74, 6) is 0. The predicted octanol–water partition coefficient (Wildman–Crippen LogP) is 2.14. The van der Waals surface area contributed by atoms with E-state index in [0.717, 1.165) is 26.1 Å². The van der Waals surface area contributed by atoms with Crippen molar-refractivity contribution >= 4 is 17.3 Å². The van der Waals surface area contributed by atoms with Crippen molar-refractivity contribution in [3.8, 4) is 0 Å². The maximum atomic E-state index is 5.99. The number of halogens is 1. The van der Waals surface area contributed by atoms with Gasteiger partial charge < -0.3 is 10.5 Å². The zero-order valence-corrected chi connectivity index (χ0v) is 10.2. The fraction of sp³-hybridized carbons (Fsp3) is 0.500. The summed E-state index contributed by atoms with van der Waals surface area (Å²) >= 11 is 5.99. The highest BCUT2D eigenvalue weighted by atomic mass is 35.5. The molecule has 0 radical (unpaired) electrons. The second-order valence-electron chi connectivity index (χ2n) is 4.24. The van der Waals surface area contributed by atoms with E-state index in [1.165, 1.54) is 5.56 Å². The average molecular weight is 241 g/mol. The first-order valence-electron chi connectivity index (χ1n) is 5.48. The Hall–Kier alpha value is -0.770. The van der Waals surface area contributed by atoms with Crippen molar-refractivity contribution in [2.45, 2.75) is 19.1 Å². The van der Waals surface area contributed by atoms with E-state index in [9.17, 15) is 0 Å². The molecule has 1 atom stereocenters. The van der Waals surface area contributed by atoms with E-state index in [1.54, 1.807) is 7.11 Å². The van der Waals surface area contributed by atoms with E-state index in [1.807, 2.05) is 18.2 Å². The van der Waals surface area contributed by atoms with Crippen LogP contribution in [0.15, 0.2) is 18.2 Å². The molecule has 1 unspecified atom stereocenters. The quantitative estimate of drug-likeness (QED) is 0.823. The summed E-state index contributed by atoms with van der Waals surface area (Å²) in [6.07, 6.45) is 1.49. The SMILES string of the molecule is COC1CCN(Cc2ccc(N)c(Cl)c2)C1. The van der Waals surface area contributed by atoms with E-state index in [-0.39, 0.29) is 0 Å². The van der Waals surface area contributed by atoms with Crippen molar-refractivity contribution in [1.82, 2.24) is 4.90 Å². The Kier molecular flexibility index (Phi) is 3.69. The molecule has 0 amide bonds. The number of ether oxygens (including phenoxy) is 1. The molecule has 0 aliphatic carbocycles. The highest BCUT2D eigenvalue weighted by Crippen LogP contribution is 2.22. The zero-order valence-electron chi connectivity index (χ0n) is 9.45. The number of nitrogens with zero attached hydrogens (tertiary/aromatic N) is 1. The maximum absolute atomic E-state index is 5.99. The van der Waals surface area contributed by atoms with Gasteiger partial charge in [0.25, 0.3) is 0 Å². The first-order valence-corrected chi connectivity index (χ1v) is 5.86. The minimum atomic E-state index is 0.379. The molecular formula is C12H17ClN2O. The number of anilines is 1. The molecule has 2 N–H and O–H groups in total. The average Bonchev–Trinajstić information content (AvgIpc) is 2.71. The Balaban J connectivity index is 1.97. The summed E-state index contributed by atoms with van der Waals surface area (Å²) in [7, 11) is 1.77. The van der Waals surface area contributed by atoms with Crippen LogP contribution in [0, 0.1) is 0 Å². The molecule has 1 aromatic rings. The van der Waals surface area contributed by atoms with Crippen molar-refractivity contribution in [1.29, 1.82) is 0 Å². The molecule has 2 rings (SSSR count). The molecule has 1 fully saturated rings. The van der Waals surface area contributed by atoms with Gasteiger partial charge in [-0.3, -0.25) is 4.90 Å². The van der Waals surface area contributed by atoms with Crippen LogP contribution in [0.5, 0.6) is 0 Å². The molecule has 0 bridgehead atoms. The van der Waals surface area contributed by atoms with Crippen molar-refractivity contribution in [3.05, 3.63) is 28.8 Å². The summed E-state index contributed by atoms with van der Waals surface area (Å²) in [6.45, 7) is 3.00. The highest BCUT2D eigenvalue weighted by Gasteiger charge is 2.21. The lowest BCUT2D eigenvalue weighted by Gasteiger charge is -2.16. The molecular weight excluding hydrogens is 224 g/mol. The number of methoxy groups -OCH3 is 1. The first-order chi connectivity index (χ1) is 7.69. The number of nitrogen functional groups attached to an aromatic ring is 1. The lowest BCUT2D eigenvalue weighted by molar-refractivity contribution is 0.107. The van der Waals surface area contributed by atoms with Crippen LogP contribution >= 0.6 is 11.6 Å². The normalized spacial score (nSPS) is 21.5. The van der Waals surface area contributed by atoms with E-state index in [4.69, 9.17) is 22.1 Å². The lowest BCUT2D eigenvalue weighted by Crippen LogP contribution is -2.22. The summed E-state index contributed by atoms with van der Waals surface area (Å²) in [6, 6.07) is 5.83. The van der Waals surface area contributed by atoms with Crippen molar-refractivity contribution in [2.24, 2.45) is 0 Å². The predicted molar refractivity (Wildman–Crippen MR) is 66.6 cm³/mol. The van der Waals surface area contributed by atoms with Crippen LogP contribution in [0.3, 0.4) is 0 Å². The van der Waals surface area contributed by atoms with Gasteiger partial charge in [-0.2, -0.15) is 0 Å². The molecule has 88 valence electrons. The van der Waals surface area contributed by atoms with E-state index in [2.05, 4.69) is 4.90 Å². The Bertz CT molecular complexity index is 370. The first kappa shape index (κ1) is 11.7. The summed E-state index contributed by atoms with van der Waals surface area (Å²) in [5, 5.41) is 0.639. The highest BCUT2D eigenvalue weighted by molar-refractivity contribution is 6.33. The largest absolute Gasteiger partial charge is 0.398 e. The van der Waals surface area contributed by atoms with Gasteiger partial charge in [0.05, 0.1) is 16.8 Å². The Morgan fingerprint density at radius 2 is 2.38 bits per heavy atom. The smallest absolute Gasteiger partial charge is 0.0710 e. The van der Waals surface area contributed by atoms with E-state index < -0.39 is 0 Å². The third-order valence-corrected chi connectivity index (χ3v) is 3.36. The minimum Gasteiger partial charge on any atom is -0.398 e. The van der Waals surface area contributed by atoms with Gasteiger partial charge in [-0.1, -0.05) is 17.7 Å². The van der Waals surface area contributed by atoms with Gasteiger partial charge in [0.1, 0.15) is 0 Å². The maximum Gasteiger partial charge on any atom is 0.0710 e. The number of hydrogen-bond acceptors (Lipinski definition) is 3. The molecule has 1 heterocycles. The minimum absolute atomic E-state index is 0.379. The molecule has 4 heteroatoms. The van der Waals surface area contributed by atoms with Gasteiger partial charge in [0, 0.05) is 26.7 Å². The molecule has 0 saturated carbocycles. The molecule has 1 aliphatic heterocycles. The number of benzene rings is 1. The monoisotopic (exact) mass is 240 g/mol. The molecule has 1 saturated heterocycles. The topological polar surface area (TPSA) is 38.5 Å². The van der Waals surface area contributed by atoms with Crippen molar-refractivity contribution < 1.29 is 4.74 Å². The molecule has 0 spiro atoms. The zero-order chi connectivity index (χ0) is 11.5. The van der Waals surface area contributed by atoms with Crippen LogP contribution in [0.2, 0.25) is 5.02 Å². The summed E-state index contributed by atoms with van der Waals surface area (Å²) in [5.41, 5.74) is 7.52. The Labute approximate surface area is 101 Å². The second-order valence-corrected chi connectivity index (χ2v) is 4.64. The van der Waals surface area contributed by atoms with Gasteiger partial charge in [-0.25, -0.2) is 0 Å². The van der Waals surface area contributed by atoms with Gasteiger partial charge in [-0.05, 0) is 24.1 Å². The second kappa shape index (κ2) is 5.04. The molecule has 0 aromatic heterocycles. The lowest BCUT2D eigenvalue weighted by atomic mass is 10.2. The molecule has 3 nitrogen and oxygen atoms in total. The fourth-order valence-corrected chi connectivity index (χ4v) is 2.26. The van der Waals surface area contributed by atoms with Crippen molar-refractivity contribution in [3.63, 3.8) is 0 Å². The Morgan fingerprint density at radius 3 is 3.00 bits per heavy atom. The summed E-state index contributed by atoms with van der Waals surface area (Å²) < 4.78 is 5.33. The number of nitrogens with two attached hydrogens (primary N) is 1. The van der Waals surface area contributed by atoms with Crippen LogP contribution in [0.25, 0.3) is 0 Å². The van der Waals surface area contributed by atoms with Crippen LogP contribution in [0.1, 0.15) is 12.0 Å². The third-order valence-electron chi connectivity index (χ3n) is 3.03. The van der Waals surface area contributed by atoms with Gasteiger partial charge in [0.15, 0.2) is 0 Å². The van der Waals surface area contributed by atoms with Gasteiger partial charge in [0.2, 0.25) is 0 Å². The summed E-state index contributed by atoms with van der Waals surface area (Å²) in [4.78, 5) is 2.37. The van der Waals surface area contributed by atoms with Gasteiger partial charge >= 0.3 is 0 Å². The van der Waals surface area contributed by atoms with Crippen LogP contribution in [-0.2, 0) is 11.3 Å². The van der Waals surface area contributed by atoms with Crippen LogP contribution < -0.4 is 5.73 Å². The third kappa shape index (κ3) is 2.67.